The Hall–Kier alpha value is -2.84. The number of rotatable bonds is 11. The van der Waals surface area contributed by atoms with Gasteiger partial charge >= 0.3 is 11.9 Å². The molecule has 8 heteroatoms. The molecule has 0 atom stereocenters. The van der Waals surface area contributed by atoms with E-state index in [4.69, 9.17) is 4.74 Å². The second-order valence-electron chi connectivity index (χ2n) is 10.5. The highest BCUT2D eigenvalue weighted by Crippen LogP contribution is 2.55. The van der Waals surface area contributed by atoms with Crippen molar-refractivity contribution >= 4 is 43.8 Å². The van der Waals surface area contributed by atoms with Gasteiger partial charge in [0.25, 0.3) is 0 Å². The van der Waals surface area contributed by atoms with Crippen LogP contribution in [-0.2, 0) is 36.0 Å². The Morgan fingerprint density at radius 2 is 1.27 bits per heavy atom. The number of hydrogen-bond acceptors (Lipinski definition) is 5. The lowest BCUT2D eigenvalue weighted by Crippen LogP contribution is -2.35. The topological polar surface area (TPSA) is 104 Å². The molecule has 4 rings (SSSR count). The van der Waals surface area contributed by atoms with Crippen LogP contribution in [0.3, 0.4) is 0 Å². The second-order valence-corrected chi connectivity index (χ2v) is 12.1. The second kappa shape index (κ2) is 12.6. The molecule has 0 aliphatic carbocycles. The first-order valence-corrected chi connectivity index (χ1v) is 15.8. The number of carbonyl (C=O) groups excluding carboxylic acids is 1. The van der Waals surface area contributed by atoms with Crippen LogP contribution in [0.5, 0.6) is 11.5 Å². The van der Waals surface area contributed by atoms with Gasteiger partial charge in [-0.15, -0.1) is 0 Å². The minimum Gasteiger partial charge on any atom is -0.507 e. The van der Waals surface area contributed by atoms with Crippen molar-refractivity contribution in [1.29, 1.82) is 0 Å². The molecule has 0 saturated heterocycles. The van der Waals surface area contributed by atoms with Gasteiger partial charge in [-0.25, -0.2) is 9.59 Å². The van der Waals surface area contributed by atoms with Crippen molar-refractivity contribution in [3.8, 4) is 11.5 Å². The number of cyclic esters (lactones) is 1. The van der Waals surface area contributed by atoms with Crippen LogP contribution in [0.15, 0.2) is 39.3 Å². The molecule has 3 aromatic rings. The van der Waals surface area contributed by atoms with Crippen LogP contribution in [0, 0.1) is 0 Å². The van der Waals surface area contributed by atoms with Crippen LogP contribution < -0.4 is 0 Å². The first kappa shape index (κ1) is 31.1. The van der Waals surface area contributed by atoms with Crippen molar-refractivity contribution in [2.75, 3.05) is 0 Å². The summed E-state index contributed by atoms with van der Waals surface area (Å²) in [6, 6.07) is 8.32. The van der Waals surface area contributed by atoms with Gasteiger partial charge in [0.2, 0.25) is 0 Å². The maximum atomic E-state index is 13.9. The summed E-state index contributed by atoms with van der Waals surface area (Å²) in [4.78, 5) is 26.3. The van der Waals surface area contributed by atoms with E-state index in [2.05, 4.69) is 31.9 Å². The Morgan fingerprint density at radius 1 is 0.805 bits per heavy atom. The molecule has 3 aromatic carbocycles. The Kier molecular flexibility index (Phi) is 9.54. The van der Waals surface area contributed by atoms with E-state index in [0.29, 0.717) is 40.2 Å². The van der Waals surface area contributed by atoms with Crippen molar-refractivity contribution in [2.45, 2.75) is 84.7 Å². The highest BCUT2D eigenvalue weighted by Gasteiger charge is 2.54. The van der Waals surface area contributed by atoms with Crippen LogP contribution in [0.4, 0.5) is 0 Å². The number of phenols is 2. The van der Waals surface area contributed by atoms with E-state index in [1.165, 1.54) is 6.07 Å². The minimum absolute atomic E-state index is 0.0307. The first-order valence-electron chi connectivity index (χ1n) is 14.3. The highest BCUT2D eigenvalue weighted by molar-refractivity contribution is 9.11. The zero-order valence-electron chi connectivity index (χ0n) is 23.9. The summed E-state index contributed by atoms with van der Waals surface area (Å²) < 4.78 is 7.67. The fourth-order valence-corrected chi connectivity index (χ4v) is 7.30. The third-order valence-electron chi connectivity index (χ3n) is 7.71. The standard InChI is InChI=1S/C33H36Br2O6/c1-5-10-18-16-24(36)29(34)21(12-7-3)27(18)33(23-15-9-14-20(31(38)39)26(23)32(40)41-33)28-19(11-6-2)17-25(37)30(35)22(28)13-8-4/h9,14-17,36-37H,5-8,10-13H2,1-4H3,(H,38,39). The van der Waals surface area contributed by atoms with Crippen LogP contribution >= 0.6 is 31.9 Å². The molecule has 3 N–H and O–H groups in total. The van der Waals surface area contributed by atoms with Crippen molar-refractivity contribution in [3.05, 3.63) is 89.3 Å². The summed E-state index contributed by atoms with van der Waals surface area (Å²) in [5, 5.41) is 32.1. The average molecular weight is 688 g/mol. The number of carbonyl (C=O) groups is 2. The smallest absolute Gasteiger partial charge is 0.341 e. The maximum Gasteiger partial charge on any atom is 0.341 e. The lowest BCUT2D eigenvalue weighted by molar-refractivity contribution is 0.0239. The zero-order valence-corrected chi connectivity index (χ0v) is 27.0. The molecule has 41 heavy (non-hydrogen) atoms. The quantitative estimate of drug-likeness (QED) is 0.175. The number of ether oxygens (including phenoxy) is 1. The van der Waals surface area contributed by atoms with E-state index in [-0.39, 0.29) is 22.6 Å². The molecule has 0 spiro atoms. The molecule has 0 fully saturated rings. The van der Waals surface area contributed by atoms with Gasteiger partial charge in [-0.1, -0.05) is 65.5 Å². The molecule has 0 aromatic heterocycles. The van der Waals surface area contributed by atoms with E-state index in [0.717, 1.165) is 59.1 Å². The molecule has 218 valence electrons. The number of esters is 1. The fraction of sp³-hybridized carbons (Fsp3) is 0.394. The molecule has 6 nitrogen and oxygen atoms in total. The van der Waals surface area contributed by atoms with Crippen molar-refractivity contribution < 1.29 is 29.6 Å². The number of benzene rings is 3. The third-order valence-corrected chi connectivity index (χ3v) is 9.48. The van der Waals surface area contributed by atoms with Crippen molar-refractivity contribution in [3.63, 3.8) is 0 Å². The molecule has 1 heterocycles. The van der Waals surface area contributed by atoms with E-state index in [1.807, 2.05) is 27.7 Å². The summed E-state index contributed by atoms with van der Waals surface area (Å²) in [5.41, 5.74) is 3.63. The van der Waals surface area contributed by atoms with Gasteiger partial charge in [0, 0.05) is 16.7 Å². The van der Waals surface area contributed by atoms with E-state index >= 15 is 0 Å². The fourth-order valence-electron chi connectivity index (χ4n) is 6.28. The Labute approximate surface area is 258 Å². The summed E-state index contributed by atoms with van der Waals surface area (Å²) in [7, 11) is 0. The van der Waals surface area contributed by atoms with Gasteiger partial charge in [0.1, 0.15) is 11.5 Å². The molecule has 1 aliphatic heterocycles. The number of aryl methyl sites for hydroxylation is 2. The lowest BCUT2D eigenvalue weighted by Gasteiger charge is -2.38. The molecule has 0 radical (unpaired) electrons. The predicted molar refractivity (Wildman–Crippen MR) is 166 cm³/mol. The largest absolute Gasteiger partial charge is 0.507 e. The van der Waals surface area contributed by atoms with Gasteiger partial charge in [-0.2, -0.15) is 0 Å². The SMILES string of the molecule is CCCc1cc(O)c(Br)c(CCC)c1C1(c2c(CCC)cc(O)c(Br)c2CCC)OC(=O)c2c(C(=O)O)cccc21. The summed E-state index contributed by atoms with van der Waals surface area (Å²) in [6.07, 6.45) is 5.44. The Morgan fingerprint density at radius 3 is 1.68 bits per heavy atom. The van der Waals surface area contributed by atoms with E-state index < -0.39 is 17.5 Å². The lowest BCUT2D eigenvalue weighted by atomic mass is 9.70. The molecular weight excluding hydrogens is 652 g/mol. The van der Waals surface area contributed by atoms with Gasteiger partial charge in [0.15, 0.2) is 5.60 Å². The van der Waals surface area contributed by atoms with Crippen LogP contribution in [0.1, 0.15) is 113 Å². The number of hydrogen-bond donors (Lipinski definition) is 3. The predicted octanol–water partition coefficient (Wildman–Crippen LogP) is 8.59. The van der Waals surface area contributed by atoms with Gasteiger partial charge < -0.3 is 20.1 Å². The normalized spacial score (nSPS) is 13.8. The van der Waals surface area contributed by atoms with Crippen molar-refractivity contribution in [2.24, 2.45) is 0 Å². The zero-order chi connectivity index (χ0) is 30.1. The first-order chi connectivity index (χ1) is 19.6. The molecule has 0 saturated carbocycles. The van der Waals surface area contributed by atoms with Gasteiger partial charge in [-0.05, 0) is 98.0 Å². The summed E-state index contributed by atoms with van der Waals surface area (Å²) >= 11 is 7.29. The molecule has 1 aliphatic rings. The number of carboxylic acid groups (broad SMARTS) is 1. The number of aromatic carboxylic acids is 1. The van der Waals surface area contributed by atoms with Crippen molar-refractivity contribution in [1.82, 2.24) is 0 Å². The molecule has 0 bridgehead atoms. The summed E-state index contributed by atoms with van der Waals surface area (Å²) in [6.45, 7) is 8.19. The Bertz CT molecular complexity index is 1440. The minimum atomic E-state index is -1.51. The van der Waals surface area contributed by atoms with Crippen LogP contribution in [0.25, 0.3) is 0 Å². The van der Waals surface area contributed by atoms with E-state index in [1.54, 1.807) is 24.3 Å². The summed E-state index contributed by atoms with van der Waals surface area (Å²) in [5.74, 6) is -1.71. The molecular formula is C33H36Br2O6. The van der Waals surface area contributed by atoms with Gasteiger partial charge in [-0.3, -0.25) is 0 Å². The molecule has 0 amide bonds. The number of carboxylic acids is 1. The monoisotopic (exact) mass is 686 g/mol. The number of phenolic OH excluding ortho intramolecular Hbond substituents is 2. The number of aromatic hydroxyl groups is 2. The number of halogens is 2. The number of fused-ring (bicyclic) bond motifs is 1. The van der Waals surface area contributed by atoms with Crippen LogP contribution in [0.2, 0.25) is 0 Å². The molecule has 0 unspecified atom stereocenters. The highest BCUT2D eigenvalue weighted by atomic mass is 79.9. The van der Waals surface area contributed by atoms with E-state index in [9.17, 15) is 24.9 Å². The third kappa shape index (κ3) is 5.18. The Balaban J connectivity index is 2.36. The van der Waals surface area contributed by atoms with Crippen LogP contribution in [-0.4, -0.2) is 27.3 Å². The average Bonchev–Trinajstić information content (AvgIpc) is 3.23. The maximum absolute atomic E-state index is 13.9. The van der Waals surface area contributed by atoms with Gasteiger partial charge in [0.05, 0.1) is 20.1 Å².